The summed E-state index contributed by atoms with van der Waals surface area (Å²) in [7, 11) is -3.19. The van der Waals surface area contributed by atoms with Crippen molar-refractivity contribution in [2.24, 2.45) is 0 Å². The zero-order chi connectivity index (χ0) is 14.0. The van der Waals surface area contributed by atoms with Crippen LogP contribution in [0.5, 0.6) is 0 Å². The number of H-pyrrole nitrogens is 1. The van der Waals surface area contributed by atoms with Crippen LogP contribution in [-0.2, 0) is 9.84 Å². The van der Waals surface area contributed by atoms with Crippen LogP contribution in [0.4, 0.5) is 0 Å². The van der Waals surface area contributed by atoms with Crippen molar-refractivity contribution in [2.75, 3.05) is 6.26 Å². The highest BCUT2D eigenvalue weighted by Gasteiger charge is 2.07. The minimum Gasteiger partial charge on any atom is -0.345 e. The topological polar surface area (TPSA) is 73.7 Å². The van der Waals surface area contributed by atoms with Crippen LogP contribution in [0.2, 0.25) is 0 Å². The largest absolute Gasteiger partial charge is 0.345 e. The summed E-state index contributed by atoms with van der Waals surface area (Å²) in [5.74, 6) is 0. The molecule has 0 spiro atoms. The summed E-state index contributed by atoms with van der Waals surface area (Å²) >= 11 is 5.05. The van der Waals surface area contributed by atoms with Gasteiger partial charge in [-0.3, -0.25) is 0 Å². The van der Waals surface area contributed by atoms with Crippen LogP contribution in [0.25, 0.3) is 11.3 Å². The first-order valence-electron chi connectivity index (χ1n) is 5.36. The predicted octanol–water partition coefficient (Wildman–Crippen LogP) is 2.69. The average molecular weight is 290 g/mol. The van der Waals surface area contributed by atoms with Gasteiger partial charge in [-0.1, -0.05) is 24.4 Å². The van der Waals surface area contributed by atoms with Gasteiger partial charge >= 0.3 is 0 Å². The Morgan fingerprint density at radius 2 is 1.79 bits per heavy atom. The van der Waals surface area contributed by atoms with Crippen LogP contribution in [0.1, 0.15) is 5.56 Å². The SMILES string of the molecule is CS(=O)(=O)c1ccc(-c2ccc(C#N)c(=S)[nH]2)cc1. The molecule has 0 saturated heterocycles. The molecule has 1 N–H and O–H groups in total. The first-order valence-corrected chi connectivity index (χ1v) is 7.66. The van der Waals surface area contributed by atoms with E-state index in [-0.39, 0.29) is 4.90 Å². The molecule has 1 aromatic heterocycles. The maximum atomic E-state index is 11.4. The summed E-state index contributed by atoms with van der Waals surface area (Å²) in [6.07, 6.45) is 1.16. The molecule has 0 bridgehead atoms. The third-order valence-electron chi connectivity index (χ3n) is 2.62. The van der Waals surface area contributed by atoms with E-state index < -0.39 is 9.84 Å². The van der Waals surface area contributed by atoms with Gasteiger partial charge in [0.1, 0.15) is 10.7 Å². The highest BCUT2D eigenvalue weighted by Crippen LogP contribution is 2.20. The van der Waals surface area contributed by atoms with Gasteiger partial charge in [-0.25, -0.2) is 8.42 Å². The molecule has 0 atom stereocenters. The molecular weight excluding hydrogens is 280 g/mol. The molecule has 2 rings (SSSR count). The van der Waals surface area contributed by atoms with Crippen molar-refractivity contribution in [3.63, 3.8) is 0 Å². The van der Waals surface area contributed by atoms with Crippen LogP contribution < -0.4 is 0 Å². The Balaban J connectivity index is 2.47. The van der Waals surface area contributed by atoms with E-state index in [1.165, 1.54) is 0 Å². The van der Waals surface area contributed by atoms with E-state index in [2.05, 4.69) is 4.98 Å². The lowest BCUT2D eigenvalue weighted by Gasteiger charge is -2.04. The van der Waals surface area contributed by atoms with Gasteiger partial charge in [0.2, 0.25) is 0 Å². The summed E-state index contributed by atoms with van der Waals surface area (Å²) in [6.45, 7) is 0. The van der Waals surface area contributed by atoms with Gasteiger partial charge in [0.15, 0.2) is 9.84 Å². The summed E-state index contributed by atoms with van der Waals surface area (Å²) in [4.78, 5) is 3.21. The van der Waals surface area contributed by atoms with Crippen LogP contribution in [0.3, 0.4) is 0 Å². The number of nitriles is 1. The number of aromatic amines is 1. The summed E-state index contributed by atoms with van der Waals surface area (Å²) < 4.78 is 23.1. The number of nitrogens with zero attached hydrogens (tertiary/aromatic N) is 1. The molecule has 19 heavy (non-hydrogen) atoms. The van der Waals surface area contributed by atoms with Crippen molar-refractivity contribution in [1.82, 2.24) is 4.98 Å². The molecule has 0 aliphatic heterocycles. The van der Waals surface area contributed by atoms with Crippen LogP contribution in [0.15, 0.2) is 41.3 Å². The second-order valence-corrected chi connectivity index (χ2v) is 6.45. The molecule has 0 amide bonds. The maximum Gasteiger partial charge on any atom is 0.175 e. The van der Waals surface area contributed by atoms with E-state index in [1.807, 2.05) is 6.07 Å². The van der Waals surface area contributed by atoms with Gasteiger partial charge in [-0.2, -0.15) is 5.26 Å². The molecule has 1 aromatic carbocycles. The number of nitrogens with one attached hydrogen (secondary N) is 1. The lowest BCUT2D eigenvalue weighted by molar-refractivity contribution is 0.602. The molecule has 0 saturated carbocycles. The van der Waals surface area contributed by atoms with E-state index in [9.17, 15) is 8.42 Å². The van der Waals surface area contributed by atoms with Crippen molar-refractivity contribution < 1.29 is 8.42 Å². The number of pyridine rings is 1. The van der Waals surface area contributed by atoms with Gasteiger partial charge < -0.3 is 4.98 Å². The van der Waals surface area contributed by atoms with E-state index >= 15 is 0 Å². The van der Waals surface area contributed by atoms with Crippen molar-refractivity contribution >= 4 is 22.1 Å². The van der Waals surface area contributed by atoms with Crippen molar-refractivity contribution in [3.8, 4) is 17.3 Å². The second-order valence-electron chi connectivity index (χ2n) is 4.02. The number of hydrogen-bond acceptors (Lipinski definition) is 4. The smallest absolute Gasteiger partial charge is 0.175 e. The standard InChI is InChI=1S/C13H10N2O2S2/c1-19(16,17)11-5-2-9(3-6-11)12-7-4-10(8-14)13(18)15-12/h2-7H,1H3,(H,15,18). The van der Waals surface area contributed by atoms with Gasteiger partial charge in [0.05, 0.1) is 10.5 Å². The Morgan fingerprint density at radius 3 is 2.26 bits per heavy atom. The van der Waals surface area contributed by atoms with Crippen LogP contribution in [0, 0.1) is 16.0 Å². The fourth-order valence-electron chi connectivity index (χ4n) is 1.61. The van der Waals surface area contributed by atoms with Crippen molar-refractivity contribution in [2.45, 2.75) is 4.90 Å². The van der Waals surface area contributed by atoms with Gasteiger partial charge in [0.25, 0.3) is 0 Å². The molecular formula is C13H10N2O2S2. The minimum atomic E-state index is -3.19. The zero-order valence-electron chi connectivity index (χ0n) is 10.0. The minimum absolute atomic E-state index is 0.267. The third-order valence-corrected chi connectivity index (χ3v) is 4.07. The fraction of sp³-hybridized carbons (Fsp3) is 0.0769. The molecule has 4 nitrogen and oxygen atoms in total. The molecule has 0 unspecified atom stereocenters. The lowest BCUT2D eigenvalue weighted by Crippen LogP contribution is -1.96. The van der Waals surface area contributed by atoms with E-state index in [0.717, 1.165) is 17.5 Å². The summed E-state index contributed by atoms with van der Waals surface area (Å²) in [5, 5.41) is 8.80. The highest BCUT2D eigenvalue weighted by molar-refractivity contribution is 7.90. The zero-order valence-corrected chi connectivity index (χ0v) is 11.7. The number of hydrogen-bond donors (Lipinski definition) is 1. The van der Waals surface area contributed by atoms with Gasteiger partial charge in [-0.05, 0) is 29.8 Å². The normalized spacial score (nSPS) is 10.9. The Hall–Kier alpha value is -1.97. The summed E-state index contributed by atoms with van der Waals surface area (Å²) in [6, 6.07) is 11.8. The fourth-order valence-corrected chi connectivity index (χ4v) is 2.47. The molecule has 96 valence electrons. The molecule has 0 aliphatic rings. The van der Waals surface area contributed by atoms with E-state index in [0.29, 0.717) is 10.2 Å². The number of aromatic nitrogens is 1. The van der Waals surface area contributed by atoms with E-state index in [1.54, 1.807) is 36.4 Å². The van der Waals surface area contributed by atoms with Crippen LogP contribution in [-0.4, -0.2) is 19.7 Å². The van der Waals surface area contributed by atoms with Gasteiger partial charge in [0, 0.05) is 11.9 Å². The Labute approximate surface area is 116 Å². The monoisotopic (exact) mass is 290 g/mol. The van der Waals surface area contributed by atoms with Crippen LogP contribution >= 0.6 is 12.2 Å². The molecule has 0 fully saturated rings. The van der Waals surface area contributed by atoms with Crippen molar-refractivity contribution in [3.05, 3.63) is 46.6 Å². The summed E-state index contributed by atoms with van der Waals surface area (Å²) in [5.41, 5.74) is 1.96. The molecule has 0 aliphatic carbocycles. The average Bonchev–Trinajstić information content (AvgIpc) is 2.38. The Morgan fingerprint density at radius 1 is 1.16 bits per heavy atom. The first-order chi connectivity index (χ1) is 8.91. The Bertz CT molecular complexity index is 813. The van der Waals surface area contributed by atoms with Gasteiger partial charge in [-0.15, -0.1) is 0 Å². The van der Waals surface area contributed by atoms with E-state index in [4.69, 9.17) is 17.5 Å². The first kappa shape index (κ1) is 13.5. The second kappa shape index (κ2) is 4.96. The van der Waals surface area contributed by atoms with Crippen molar-refractivity contribution in [1.29, 1.82) is 5.26 Å². The molecule has 6 heteroatoms. The Kier molecular flexibility index (Phi) is 3.51. The molecule has 0 radical (unpaired) electrons. The lowest BCUT2D eigenvalue weighted by atomic mass is 10.1. The third kappa shape index (κ3) is 2.89. The number of rotatable bonds is 2. The highest BCUT2D eigenvalue weighted by atomic mass is 32.2. The molecule has 1 heterocycles. The molecule has 2 aromatic rings. The quantitative estimate of drug-likeness (QED) is 0.863. The number of benzene rings is 1. The number of sulfone groups is 1. The maximum absolute atomic E-state index is 11.4. The predicted molar refractivity (Wildman–Crippen MR) is 74.9 cm³/mol.